The minimum absolute atomic E-state index is 0.0513. The molecule has 1 aromatic heterocycles. The molecule has 1 saturated carbocycles. The first-order chi connectivity index (χ1) is 22.7. The minimum Gasteiger partial charge on any atom is -0.490 e. The number of carbonyl (C=O) groups is 1. The number of carbonyl (C=O) groups excluding carboxylic acids is 1. The first kappa shape index (κ1) is 34.0. The average molecular weight is 683 g/mol. The van der Waals surface area contributed by atoms with Gasteiger partial charge in [0.25, 0.3) is 0 Å². The van der Waals surface area contributed by atoms with E-state index >= 15 is 0 Å². The normalized spacial score (nSPS) is 21.2. The molecular weight excluding hydrogens is 641 g/mol. The maximum absolute atomic E-state index is 14.2. The van der Waals surface area contributed by atoms with Gasteiger partial charge in [-0.3, -0.25) is 9.10 Å². The number of nitrogens with zero attached hydrogens (tertiary/aromatic N) is 2. The van der Waals surface area contributed by atoms with Gasteiger partial charge in [-0.2, -0.15) is 0 Å². The van der Waals surface area contributed by atoms with E-state index in [1.54, 1.807) is 38.1 Å². The van der Waals surface area contributed by atoms with E-state index in [0.29, 0.717) is 48.2 Å². The van der Waals surface area contributed by atoms with Gasteiger partial charge in [0.05, 0.1) is 23.4 Å². The zero-order chi connectivity index (χ0) is 34.5. The van der Waals surface area contributed by atoms with Crippen LogP contribution in [0.1, 0.15) is 67.9 Å². The fourth-order valence-electron chi connectivity index (χ4n) is 7.47. The van der Waals surface area contributed by atoms with Crippen molar-refractivity contribution >= 4 is 32.4 Å². The quantitative estimate of drug-likeness (QED) is 0.179. The third-order valence-electron chi connectivity index (χ3n) is 10.1. The summed E-state index contributed by atoms with van der Waals surface area (Å²) in [4.78, 5) is 14.2. The number of sulfonamides is 1. The van der Waals surface area contributed by atoms with Gasteiger partial charge in [0.2, 0.25) is 10.0 Å². The molecule has 7 nitrogen and oxygen atoms in total. The van der Waals surface area contributed by atoms with Crippen LogP contribution in [0.2, 0.25) is 0 Å². The summed E-state index contributed by atoms with van der Waals surface area (Å²) in [6.45, 7) is 5.63. The maximum atomic E-state index is 14.2. The summed E-state index contributed by atoms with van der Waals surface area (Å²) in [5, 5.41) is 12.6. The Kier molecular flexibility index (Phi) is 9.14. The molecule has 11 heteroatoms. The smallest absolute Gasteiger partial charge is 0.241 e. The second-order valence-corrected chi connectivity index (χ2v) is 16.5. The van der Waals surface area contributed by atoms with Crippen LogP contribution in [0.15, 0.2) is 60.8 Å². The number of aromatic nitrogens is 1. The van der Waals surface area contributed by atoms with Crippen molar-refractivity contribution in [3.63, 3.8) is 0 Å². The third kappa shape index (κ3) is 6.46. The topological polar surface area (TPSA) is 88.8 Å². The summed E-state index contributed by atoms with van der Waals surface area (Å²) in [6, 6.07) is 12.3. The molecule has 0 spiro atoms. The van der Waals surface area contributed by atoms with Crippen molar-refractivity contribution in [1.29, 1.82) is 0 Å². The zero-order valence-corrected chi connectivity index (χ0v) is 28.4. The number of Topliss-reactive ketones (excluding diaryl/α,β-unsaturated/α-hetero) is 1. The zero-order valence-electron chi connectivity index (χ0n) is 27.5. The average Bonchev–Trinajstić information content (AvgIpc) is 3.62. The molecule has 6 rings (SSSR count). The van der Waals surface area contributed by atoms with Crippen LogP contribution < -0.4 is 9.04 Å². The Hall–Kier alpha value is -3.83. The van der Waals surface area contributed by atoms with E-state index in [0.717, 1.165) is 22.5 Å². The molecule has 1 N–H and O–H groups in total. The van der Waals surface area contributed by atoms with E-state index in [1.807, 2.05) is 17.7 Å². The number of aliphatic hydroxyl groups excluding tert-OH is 1. The molecule has 2 heterocycles. The van der Waals surface area contributed by atoms with Crippen LogP contribution in [0.4, 0.5) is 18.9 Å². The van der Waals surface area contributed by atoms with Crippen LogP contribution in [-0.2, 0) is 29.4 Å². The van der Waals surface area contributed by atoms with Gasteiger partial charge in [0.15, 0.2) is 5.78 Å². The van der Waals surface area contributed by atoms with E-state index in [4.69, 9.17) is 4.74 Å². The van der Waals surface area contributed by atoms with E-state index in [9.17, 15) is 31.5 Å². The van der Waals surface area contributed by atoms with Crippen molar-refractivity contribution in [2.24, 2.45) is 11.8 Å². The Labute approximate surface area is 279 Å². The number of benzene rings is 3. The van der Waals surface area contributed by atoms with Crippen LogP contribution in [-0.4, -0.2) is 47.9 Å². The molecule has 2 aliphatic rings. The third-order valence-corrected chi connectivity index (χ3v) is 12.5. The lowest BCUT2D eigenvalue weighted by atomic mass is 9.81. The maximum Gasteiger partial charge on any atom is 0.241 e. The van der Waals surface area contributed by atoms with Crippen molar-refractivity contribution < 1.29 is 36.2 Å². The predicted molar refractivity (Wildman–Crippen MR) is 179 cm³/mol. The van der Waals surface area contributed by atoms with Crippen LogP contribution in [0.3, 0.4) is 0 Å². The number of rotatable bonds is 10. The van der Waals surface area contributed by atoms with Gasteiger partial charge in [-0.05, 0) is 117 Å². The Balaban J connectivity index is 1.31. The Morgan fingerprint density at radius 1 is 1.02 bits per heavy atom. The van der Waals surface area contributed by atoms with E-state index in [-0.39, 0.29) is 43.0 Å². The number of anilines is 1. The van der Waals surface area contributed by atoms with Crippen LogP contribution in [0.25, 0.3) is 10.9 Å². The molecular formula is C37H41F3N2O5S. The SMILES string of the molecule is CCc1cn2c3c(cc(C(=O)C[C@@H](Cc4cc(F)cc(F)c4)[C@H](O)[C@@H]4CC[C@H](Oc5ccc(F)cc5)C4)cc13)N(C)S(=O)(=O)C(C)(C)C2. The summed E-state index contributed by atoms with van der Waals surface area (Å²) >= 11 is 0. The summed E-state index contributed by atoms with van der Waals surface area (Å²) in [5.74, 6) is -2.61. The number of halogens is 3. The predicted octanol–water partition coefficient (Wildman–Crippen LogP) is 7.22. The first-order valence-electron chi connectivity index (χ1n) is 16.4. The molecule has 0 unspecified atom stereocenters. The monoisotopic (exact) mass is 682 g/mol. The summed E-state index contributed by atoms with van der Waals surface area (Å²) in [7, 11) is -2.28. The number of ether oxygens (including phenoxy) is 1. The summed E-state index contributed by atoms with van der Waals surface area (Å²) < 4.78 is 77.2. The largest absolute Gasteiger partial charge is 0.490 e. The van der Waals surface area contributed by atoms with E-state index in [2.05, 4.69) is 0 Å². The molecule has 1 fully saturated rings. The second-order valence-electron chi connectivity index (χ2n) is 13.9. The van der Waals surface area contributed by atoms with Crippen molar-refractivity contribution in [2.45, 2.75) is 82.8 Å². The van der Waals surface area contributed by atoms with Gasteiger partial charge in [-0.15, -0.1) is 0 Å². The van der Waals surface area contributed by atoms with Gasteiger partial charge >= 0.3 is 0 Å². The van der Waals surface area contributed by atoms with Crippen molar-refractivity contribution in [2.75, 3.05) is 11.4 Å². The molecule has 3 aromatic carbocycles. The summed E-state index contributed by atoms with van der Waals surface area (Å²) in [5.41, 5.74) is 2.75. The van der Waals surface area contributed by atoms with Crippen molar-refractivity contribution in [3.05, 3.63) is 94.9 Å². The number of ketones is 1. The van der Waals surface area contributed by atoms with Gasteiger partial charge in [0.1, 0.15) is 27.9 Å². The highest BCUT2D eigenvalue weighted by atomic mass is 32.2. The van der Waals surface area contributed by atoms with Crippen LogP contribution >= 0.6 is 0 Å². The molecule has 4 atom stereocenters. The molecule has 0 bridgehead atoms. The Bertz CT molecular complexity index is 1940. The van der Waals surface area contributed by atoms with Crippen LogP contribution in [0, 0.1) is 29.3 Å². The van der Waals surface area contributed by atoms with Gasteiger partial charge < -0.3 is 14.4 Å². The fourth-order valence-corrected chi connectivity index (χ4v) is 8.91. The van der Waals surface area contributed by atoms with Crippen molar-refractivity contribution in [3.8, 4) is 5.75 Å². The van der Waals surface area contributed by atoms with E-state index in [1.165, 1.54) is 35.6 Å². The van der Waals surface area contributed by atoms with E-state index < -0.39 is 38.4 Å². The fraction of sp³-hybridized carbons (Fsp3) is 0.432. The van der Waals surface area contributed by atoms with Gasteiger partial charge in [0, 0.05) is 43.2 Å². The molecule has 48 heavy (non-hydrogen) atoms. The number of hydrogen-bond acceptors (Lipinski definition) is 5. The minimum atomic E-state index is -3.79. The van der Waals surface area contributed by atoms with Crippen LogP contribution in [0.5, 0.6) is 5.75 Å². The highest BCUT2D eigenvalue weighted by Gasteiger charge is 2.42. The second kappa shape index (κ2) is 12.9. The summed E-state index contributed by atoms with van der Waals surface area (Å²) in [6.07, 6.45) is 3.06. The standard InChI is InChI=1S/C37H41F3N2O5S/c1-5-23-20-42-21-37(2,3)48(45,46)41(4)33-17-25(16-32(23)35(33)42)34(43)18-26(12-22-13-28(39)19-29(40)14-22)36(44)24-6-9-31(15-24)47-30-10-7-27(38)8-11-30/h7-8,10-11,13-14,16-17,19-20,24,26,31,36,44H,5-6,9,12,15,18,21H2,1-4H3/t24-,26-,31+,36-/m1/s1. The molecule has 256 valence electrons. The van der Waals surface area contributed by atoms with Crippen molar-refractivity contribution in [1.82, 2.24) is 4.57 Å². The lowest BCUT2D eigenvalue weighted by Crippen LogP contribution is -2.44. The molecule has 1 aliphatic heterocycles. The Morgan fingerprint density at radius 3 is 2.38 bits per heavy atom. The number of hydrogen-bond donors (Lipinski definition) is 1. The molecule has 0 saturated heterocycles. The molecule has 0 radical (unpaired) electrons. The lowest BCUT2D eigenvalue weighted by molar-refractivity contribution is 0.0414. The molecule has 4 aromatic rings. The molecule has 0 amide bonds. The lowest BCUT2D eigenvalue weighted by Gasteiger charge is -2.29. The highest BCUT2D eigenvalue weighted by molar-refractivity contribution is 7.94. The Morgan fingerprint density at radius 2 is 1.71 bits per heavy atom. The van der Waals surface area contributed by atoms with Gasteiger partial charge in [-0.1, -0.05) is 6.92 Å². The number of aliphatic hydroxyl groups is 1. The number of aryl methyl sites for hydroxylation is 1. The highest BCUT2D eigenvalue weighted by Crippen LogP contribution is 2.41. The molecule has 1 aliphatic carbocycles. The first-order valence-corrected chi connectivity index (χ1v) is 17.8. The van der Waals surface area contributed by atoms with Gasteiger partial charge in [-0.25, -0.2) is 21.6 Å².